The molecule has 2 atom stereocenters. The predicted octanol–water partition coefficient (Wildman–Crippen LogP) is 3.16. The molecule has 0 aliphatic carbocycles. The van der Waals surface area contributed by atoms with E-state index < -0.39 is 20.0 Å². The second kappa shape index (κ2) is 10.2. The first kappa shape index (κ1) is 24.0. The van der Waals surface area contributed by atoms with Crippen LogP contribution in [0.15, 0.2) is 83.6 Å². The Labute approximate surface area is 179 Å². The van der Waals surface area contributed by atoms with Crippen LogP contribution in [0, 0.1) is 25.7 Å². The van der Waals surface area contributed by atoms with Gasteiger partial charge >= 0.3 is 0 Å². The second-order valence-corrected chi connectivity index (χ2v) is 10.7. The zero-order valence-corrected chi connectivity index (χ0v) is 18.8. The van der Waals surface area contributed by atoms with Gasteiger partial charge in [0, 0.05) is 13.1 Å². The molecule has 162 valence electrons. The smallest absolute Gasteiger partial charge is 0.211 e. The van der Waals surface area contributed by atoms with E-state index in [1.807, 2.05) is 13.8 Å². The molecule has 0 unspecified atom stereocenters. The van der Waals surface area contributed by atoms with E-state index in [0.29, 0.717) is 0 Å². The molecule has 0 aliphatic rings. The molecule has 2 N–H and O–H groups in total. The van der Waals surface area contributed by atoms with Crippen molar-refractivity contribution < 1.29 is 16.8 Å². The molecular formula is C22H28N2O4S2. The van der Waals surface area contributed by atoms with Gasteiger partial charge in [-0.25, -0.2) is 26.3 Å². The molecule has 0 heterocycles. The molecule has 0 amide bonds. The molecular weight excluding hydrogens is 420 g/mol. The molecule has 0 saturated carbocycles. The van der Waals surface area contributed by atoms with Crippen molar-refractivity contribution in [2.75, 3.05) is 13.1 Å². The van der Waals surface area contributed by atoms with Gasteiger partial charge in [-0.3, -0.25) is 0 Å². The Balaban J connectivity index is 2.04. The first-order valence-electron chi connectivity index (χ1n) is 9.47. The van der Waals surface area contributed by atoms with E-state index in [4.69, 9.17) is 0 Å². The monoisotopic (exact) mass is 448 g/mol. The van der Waals surface area contributed by atoms with Gasteiger partial charge in [-0.05, 0) is 49.9 Å². The molecule has 0 saturated heterocycles. The minimum absolute atomic E-state index is 0.0721. The highest BCUT2D eigenvalue weighted by molar-refractivity contribution is 7.89. The number of hydrogen-bond donors (Lipinski definition) is 2. The topological polar surface area (TPSA) is 92.3 Å². The van der Waals surface area contributed by atoms with Gasteiger partial charge in [-0.1, -0.05) is 47.5 Å². The summed E-state index contributed by atoms with van der Waals surface area (Å²) >= 11 is 0. The molecule has 2 rings (SSSR count). The van der Waals surface area contributed by atoms with E-state index in [0.717, 1.165) is 11.1 Å². The fourth-order valence-corrected chi connectivity index (χ4v) is 4.98. The SMILES string of the molecule is C=C[C@H](CNS(=O)(=O)c1ccc(C)cc1)[C@H](C=C)CNS(=O)(=O)c1ccc(C)cc1. The summed E-state index contributed by atoms with van der Waals surface area (Å²) in [6, 6.07) is 13.1. The number of rotatable bonds is 11. The maximum atomic E-state index is 12.5. The lowest BCUT2D eigenvalue weighted by atomic mass is 9.93. The van der Waals surface area contributed by atoms with Crippen molar-refractivity contribution >= 4 is 20.0 Å². The Morgan fingerprint density at radius 2 is 1.00 bits per heavy atom. The van der Waals surface area contributed by atoms with Crippen LogP contribution in [0.25, 0.3) is 0 Å². The Morgan fingerprint density at radius 1 is 0.700 bits per heavy atom. The van der Waals surface area contributed by atoms with Gasteiger partial charge in [0.15, 0.2) is 0 Å². The van der Waals surface area contributed by atoms with Crippen molar-refractivity contribution in [2.24, 2.45) is 11.8 Å². The molecule has 8 heteroatoms. The molecule has 0 fully saturated rings. The molecule has 6 nitrogen and oxygen atoms in total. The number of aryl methyl sites for hydroxylation is 2. The first-order valence-corrected chi connectivity index (χ1v) is 12.4. The van der Waals surface area contributed by atoms with Crippen LogP contribution >= 0.6 is 0 Å². The van der Waals surface area contributed by atoms with Gasteiger partial charge < -0.3 is 0 Å². The van der Waals surface area contributed by atoms with Crippen molar-refractivity contribution in [1.29, 1.82) is 0 Å². The van der Waals surface area contributed by atoms with Gasteiger partial charge in [0.1, 0.15) is 0 Å². The fraction of sp³-hybridized carbons (Fsp3) is 0.273. The van der Waals surface area contributed by atoms with E-state index in [9.17, 15) is 16.8 Å². The summed E-state index contributed by atoms with van der Waals surface area (Å²) in [7, 11) is -7.37. The molecule has 0 spiro atoms. The Bertz CT molecular complexity index is 985. The third kappa shape index (κ3) is 6.37. The van der Waals surface area contributed by atoms with Crippen LogP contribution in [0.1, 0.15) is 11.1 Å². The fourth-order valence-electron chi connectivity index (χ4n) is 2.83. The van der Waals surface area contributed by atoms with Crippen molar-refractivity contribution in [1.82, 2.24) is 9.44 Å². The molecule has 0 aliphatic heterocycles. The largest absolute Gasteiger partial charge is 0.240 e. The normalized spacial score (nSPS) is 14.1. The van der Waals surface area contributed by atoms with E-state index in [1.165, 1.54) is 0 Å². The zero-order chi connectivity index (χ0) is 22.4. The molecule has 0 radical (unpaired) electrons. The summed E-state index contributed by atoms with van der Waals surface area (Å²) in [6.07, 6.45) is 3.20. The third-order valence-corrected chi connectivity index (χ3v) is 7.72. The molecule has 0 aromatic heterocycles. The summed E-state index contributed by atoms with van der Waals surface area (Å²) in [6.45, 7) is 11.4. The number of sulfonamides is 2. The van der Waals surface area contributed by atoms with Crippen LogP contribution in [0.5, 0.6) is 0 Å². The maximum Gasteiger partial charge on any atom is 0.240 e. The van der Waals surface area contributed by atoms with Gasteiger partial charge in [0.05, 0.1) is 9.79 Å². The zero-order valence-electron chi connectivity index (χ0n) is 17.2. The summed E-state index contributed by atoms with van der Waals surface area (Å²) in [5, 5.41) is 0. The Morgan fingerprint density at radius 3 is 1.27 bits per heavy atom. The van der Waals surface area contributed by atoms with E-state index in [1.54, 1.807) is 60.7 Å². The van der Waals surface area contributed by atoms with E-state index in [-0.39, 0.29) is 34.7 Å². The van der Waals surface area contributed by atoms with Crippen LogP contribution in [-0.2, 0) is 20.0 Å². The summed E-state index contributed by atoms with van der Waals surface area (Å²) < 4.78 is 55.2. The van der Waals surface area contributed by atoms with Crippen LogP contribution in [-0.4, -0.2) is 29.9 Å². The number of hydrogen-bond acceptors (Lipinski definition) is 4. The Hall–Kier alpha value is -2.26. The molecule has 30 heavy (non-hydrogen) atoms. The van der Waals surface area contributed by atoms with Crippen molar-refractivity contribution in [2.45, 2.75) is 23.6 Å². The average molecular weight is 449 g/mol. The summed E-state index contributed by atoms with van der Waals surface area (Å²) in [5.74, 6) is -0.688. The van der Waals surface area contributed by atoms with E-state index in [2.05, 4.69) is 22.6 Å². The first-order chi connectivity index (χ1) is 14.1. The van der Waals surface area contributed by atoms with E-state index >= 15 is 0 Å². The van der Waals surface area contributed by atoms with Crippen LogP contribution in [0.2, 0.25) is 0 Å². The third-order valence-electron chi connectivity index (χ3n) is 4.84. The van der Waals surface area contributed by atoms with Gasteiger partial charge in [-0.15, -0.1) is 13.2 Å². The highest BCUT2D eigenvalue weighted by atomic mass is 32.2. The molecule has 2 aromatic carbocycles. The maximum absolute atomic E-state index is 12.5. The van der Waals surface area contributed by atoms with Crippen molar-refractivity contribution in [3.05, 3.63) is 85.0 Å². The number of nitrogens with one attached hydrogen (secondary N) is 2. The van der Waals surface area contributed by atoms with Gasteiger partial charge in [-0.2, -0.15) is 0 Å². The average Bonchev–Trinajstić information content (AvgIpc) is 2.71. The Kier molecular flexibility index (Phi) is 8.14. The lowest BCUT2D eigenvalue weighted by molar-refractivity contribution is 0.457. The minimum atomic E-state index is -3.69. The highest BCUT2D eigenvalue weighted by Gasteiger charge is 2.22. The highest BCUT2D eigenvalue weighted by Crippen LogP contribution is 2.17. The standard InChI is InChI=1S/C22H28N2O4S2/c1-5-19(15-23-29(25,26)21-11-7-17(3)8-12-21)20(6-2)16-24-30(27,28)22-13-9-18(4)10-14-22/h5-14,19-20,23-24H,1-2,15-16H2,3-4H3/t19-,20-/m1/s1. The lowest BCUT2D eigenvalue weighted by Crippen LogP contribution is -2.36. The summed E-state index contributed by atoms with van der Waals surface area (Å²) in [4.78, 5) is 0.345. The number of benzene rings is 2. The van der Waals surface area contributed by atoms with Gasteiger partial charge in [0.2, 0.25) is 20.0 Å². The molecule has 2 aromatic rings. The van der Waals surface area contributed by atoms with Crippen molar-refractivity contribution in [3.63, 3.8) is 0 Å². The second-order valence-electron chi connectivity index (χ2n) is 7.13. The van der Waals surface area contributed by atoms with Crippen molar-refractivity contribution in [3.8, 4) is 0 Å². The van der Waals surface area contributed by atoms with Crippen LogP contribution in [0.3, 0.4) is 0 Å². The van der Waals surface area contributed by atoms with Crippen LogP contribution < -0.4 is 9.44 Å². The molecule has 0 bridgehead atoms. The predicted molar refractivity (Wildman–Crippen MR) is 120 cm³/mol. The lowest BCUT2D eigenvalue weighted by Gasteiger charge is -2.22. The van der Waals surface area contributed by atoms with Crippen LogP contribution in [0.4, 0.5) is 0 Å². The quantitative estimate of drug-likeness (QED) is 0.517. The van der Waals surface area contributed by atoms with Gasteiger partial charge in [0.25, 0.3) is 0 Å². The minimum Gasteiger partial charge on any atom is -0.211 e. The summed E-state index contributed by atoms with van der Waals surface area (Å²) in [5.41, 5.74) is 1.93.